The van der Waals surface area contributed by atoms with Crippen LogP contribution in [0.3, 0.4) is 0 Å². The lowest BCUT2D eigenvalue weighted by molar-refractivity contribution is -0.137. The average Bonchev–Trinajstić information content (AvgIpc) is 3.34. The number of sulfonamides is 1. The van der Waals surface area contributed by atoms with Crippen molar-refractivity contribution >= 4 is 15.9 Å². The summed E-state index contributed by atoms with van der Waals surface area (Å²) in [6.45, 7) is 2.50. The summed E-state index contributed by atoms with van der Waals surface area (Å²) in [7, 11) is -3.57. The number of pyridine rings is 1. The Morgan fingerprint density at radius 2 is 1.78 bits per heavy atom. The molecule has 32 heavy (non-hydrogen) atoms. The third-order valence-corrected chi connectivity index (χ3v) is 8.44. The van der Waals surface area contributed by atoms with E-state index in [-0.39, 0.29) is 22.8 Å². The zero-order valence-electron chi connectivity index (χ0n) is 17.9. The van der Waals surface area contributed by atoms with Crippen LogP contribution < -0.4 is 9.47 Å². The van der Waals surface area contributed by atoms with Gasteiger partial charge in [-0.3, -0.25) is 9.78 Å². The molecule has 2 aromatic rings. The van der Waals surface area contributed by atoms with Crippen LogP contribution >= 0.6 is 0 Å². The minimum Gasteiger partial charge on any atom is -0.486 e. The van der Waals surface area contributed by atoms with E-state index < -0.39 is 10.0 Å². The molecule has 8 nitrogen and oxygen atoms in total. The standard InChI is InChI=1S/C23H27N3O5S/c27-23(17-7-11-25(12-8-17)32(28,29)19-3-1-9-24-16-19)26-10-2-4-20(26)18-5-6-21-22(15-18)31-14-13-30-21/h1,3,5-6,9,15-17,20H,2,4,7-8,10-14H2/t20-/m0/s1. The van der Waals surface area contributed by atoms with Gasteiger partial charge < -0.3 is 14.4 Å². The van der Waals surface area contributed by atoms with Crippen molar-refractivity contribution in [3.05, 3.63) is 48.3 Å². The number of rotatable bonds is 4. The van der Waals surface area contributed by atoms with Crippen molar-refractivity contribution in [1.82, 2.24) is 14.2 Å². The quantitative estimate of drug-likeness (QED) is 0.701. The SMILES string of the molecule is O=C(C1CCN(S(=O)(=O)c2cccnc2)CC1)N1CCC[C@H]1c1ccc2c(c1)OCCO2. The van der Waals surface area contributed by atoms with E-state index in [1.807, 2.05) is 23.1 Å². The number of nitrogens with zero attached hydrogens (tertiary/aromatic N) is 3. The van der Waals surface area contributed by atoms with Crippen molar-refractivity contribution < 1.29 is 22.7 Å². The van der Waals surface area contributed by atoms with Crippen LogP contribution in [0.4, 0.5) is 0 Å². The number of aromatic nitrogens is 1. The zero-order valence-corrected chi connectivity index (χ0v) is 18.7. The highest BCUT2D eigenvalue weighted by molar-refractivity contribution is 7.89. The second kappa shape index (κ2) is 8.71. The van der Waals surface area contributed by atoms with Crippen molar-refractivity contribution in [2.75, 3.05) is 32.8 Å². The van der Waals surface area contributed by atoms with Crippen LogP contribution in [0.5, 0.6) is 11.5 Å². The smallest absolute Gasteiger partial charge is 0.244 e. The number of fused-ring (bicyclic) bond motifs is 1. The molecule has 2 fully saturated rings. The van der Waals surface area contributed by atoms with E-state index in [1.165, 1.54) is 10.5 Å². The predicted molar refractivity (Wildman–Crippen MR) is 117 cm³/mol. The van der Waals surface area contributed by atoms with Gasteiger partial charge in [0.05, 0.1) is 6.04 Å². The van der Waals surface area contributed by atoms with Gasteiger partial charge in [-0.05, 0) is 55.5 Å². The predicted octanol–water partition coefficient (Wildman–Crippen LogP) is 2.62. The van der Waals surface area contributed by atoms with Crippen LogP contribution in [-0.4, -0.2) is 61.4 Å². The van der Waals surface area contributed by atoms with Gasteiger partial charge in [0.2, 0.25) is 15.9 Å². The number of hydrogen-bond acceptors (Lipinski definition) is 6. The Hall–Kier alpha value is -2.65. The number of ether oxygens (including phenoxy) is 2. The molecule has 1 aromatic carbocycles. The Morgan fingerprint density at radius 1 is 1.00 bits per heavy atom. The molecule has 0 N–H and O–H groups in total. The largest absolute Gasteiger partial charge is 0.486 e. The molecule has 3 aliphatic rings. The van der Waals surface area contributed by atoms with Gasteiger partial charge in [-0.15, -0.1) is 0 Å². The van der Waals surface area contributed by atoms with Gasteiger partial charge in [-0.2, -0.15) is 4.31 Å². The monoisotopic (exact) mass is 457 g/mol. The van der Waals surface area contributed by atoms with Crippen LogP contribution in [0.25, 0.3) is 0 Å². The first kappa shape index (κ1) is 21.2. The molecule has 1 amide bonds. The average molecular weight is 458 g/mol. The van der Waals surface area contributed by atoms with E-state index in [9.17, 15) is 13.2 Å². The summed E-state index contributed by atoms with van der Waals surface area (Å²) >= 11 is 0. The van der Waals surface area contributed by atoms with Gasteiger partial charge in [0.15, 0.2) is 11.5 Å². The summed E-state index contributed by atoms with van der Waals surface area (Å²) in [6, 6.07) is 9.14. The number of benzene rings is 1. The first-order valence-electron chi connectivity index (χ1n) is 11.1. The molecule has 3 aliphatic heterocycles. The highest BCUT2D eigenvalue weighted by Gasteiger charge is 2.38. The number of hydrogen-bond donors (Lipinski definition) is 0. The van der Waals surface area contributed by atoms with Crippen LogP contribution in [0, 0.1) is 5.92 Å². The van der Waals surface area contributed by atoms with Gasteiger partial charge in [0.25, 0.3) is 0 Å². The summed E-state index contributed by atoms with van der Waals surface area (Å²) in [5, 5.41) is 0. The summed E-state index contributed by atoms with van der Waals surface area (Å²) in [5.41, 5.74) is 1.07. The van der Waals surface area contributed by atoms with Gasteiger partial charge in [-0.25, -0.2) is 8.42 Å². The van der Waals surface area contributed by atoms with Crippen molar-refractivity contribution in [2.24, 2.45) is 5.92 Å². The number of likely N-dealkylation sites (tertiary alicyclic amines) is 1. The molecular formula is C23H27N3O5S. The molecule has 5 rings (SSSR count). The highest BCUT2D eigenvalue weighted by Crippen LogP contribution is 2.39. The Balaban J connectivity index is 1.26. The van der Waals surface area contributed by atoms with Gasteiger partial charge in [0, 0.05) is 37.9 Å². The van der Waals surface area contributed by atoms with E-state index in [2.05, 4.69) is 4.98 Å². The third kappa shape index (κ3) is 3.95. The van der Waals surface area contributed by atoms with E-state index in [1.54, 1.807) is 18.3 Å². The molecule has 0 bridgehead atoms. The molecule has 170 valence electrons. The summed E-state index contributed by atoms with van der Waals surface area (Å²) < 4.78 is 38.5. The maximum Gasteiger partial charge on any atom is 0.244 e. The Kier molecular flexibility index (Phi) is 5.77. The molecule has 1 aromatic heterocycles. The maximum atomic E-state index is 13.4. The lowest BCUT2D eigenvalue weighted by Crippen LogP contribution is -2.44. The first-order chi connectivity index (χ1) is 15.5. The Morgan fingerprint density at radius 3 is 2.53 bits per heavy atom. The van der Waals surface area contributed by atoms with Gasteiger partial charge in [-0.1, -0.05) is 6.07 Å². The topological polar surface area (TPSA) is 89.0 Å². The van der Waals surface area contributed by atoms with Crippen LogP contribution in [0.2, 0.25) is 0 Å². The second-order valence-electron chi connectivity index (χ2n) is 8.46. The van der Waals surface area contributed by atoms with Crippen molar-refractivity contribution in [3.8, 4) is 11.5 Å². The summed E-state index contributed by atoms with van der Waals surface area (Å²) in [5.74, 6) is 1.45. The van der Waals surface area contributed by atoms with E-state index in [4.69, 9.17) is 9.47 Å². The fourth-order valence-corrected chi connectivity index (χ4v) is 6.30. The Labute approximate surface area is 188 Å². The molecule has 0 spiro atoms. The molecule has 0 unspecified atom stereocenters. The van der Waals surface area contributed by atoms with Crippen LogP contribution in [-0.2, 0) is 14.8 Å². The molecule has 0 aliphatic carbocycles. The van der Waals surface area contributed by atoms with Gasteiger partial charge >= 0.3 is 0 Å². The Bertz CT molecular complexity index is 1080. The fraction of sp³-hybridized carbons (Fsp3) is 0.478. The van der Waals surface area contributed by atoms with Crippen LogP contribution in [0.1, 0.15) is 37.3 Å². The van der Waals surface area contributed by atoms with E-state index in [0.717, 1.165) is 36.4 Å². The van der Waals surface area contributed by atoms with Crippen molar-refractivity contribution in [1.29, 1.82) is 0 Å². The number of carbonyl (C=O) groups is 1. The van der Waals surface area contributed by atoms with Gasteiger partial charge in [0.1, 0.15) is 18.1 Å². The zero-order chi connectivity index (χ0) is 22.1. The summed E-state index contributed by atoms with van der Waals surface area (Å²) in [6.07, 6.45) is 5.86. The highest BCUT2D eigenvalue weighted by atomic mass is 32.2. The van der Waals surface area contributed by atoms with Crippen molar-refractivity contribution in [2.45, 2.75) is 36.6 Å². The number of piperidine rings is 1. The maximum absolute atomic E-state index is 13.4. The lowest BCUT2D eigenvalue weighted by Gasteiger charge is -2.34. The lowest BCUT2D eigenvalue weighted by atomic mass is 9.95. The van der Waals surface area contributed by atoms with E-state index in [0.29, 0.717) is 39.1 Å². The molecule has 2 saturated heterocycles. The second-order valence-corrected chi connectivity index (χ2v) is 10.4. The van der Waals surface area contributed by atoms with Crippen molar-refractivity contribution in [3.63, 3.8) is 0 Å². The molecule has 4 heterocycles. The number of carbonyl (C=O) groups excluding carboxylic acids is 1. The normalized spacial score (nSPS) is 22.1. The fourth-order valence-electron chi connectivity index (χ4n) is 4.87. The first-order valence-corrected chi connectivity index (χ1v) is 12.6. The molecule has 1 atom stereocenters. The minimum atomic E-state index is -3.57. The van der Waals surface area contributed by atoms with Crippen LogP contribution in [0.15, 0.2) is 47.6 Å². The molecule has 0 saturated carbocycles. The van der Waals surface area contributed by atoms with E-state index >= 15 is 0 Å². The molecular weight excluding hydrogens is 430 g/mol. The minimum absolute atomic E-state index is 0.0236. The summed E-state index contributed by atoms with van der Waals surface area (Å²) in [4.78, 5) is 19.5. The number of amides is 1. The molecule has 0 radical (unpaired) electrons. The molecule has 9 heteroatoms. The third-order valence-electron chi connectivity index (χ3n) is 6.56.